The van der Waals surface area contributed by atoms with E-state index in [2.05, 4.69) is 42.2 Å². The van der Waals surface area contributed by atoms with Crippen molar-refractivity contribution in [2.45, 2.75) is 98.4 Å². The molecule has 2 aromatic rings. The predicted molar refractivity (Wildman–Crippen MR) is 153 cm³/mol. The van der Waals surface area contributed by atoms with Gasteiger partial charge in [-0.05, 0) is 0 Å². The second kappa shape index (κ2) is 13.7. The molecule has 0 bridgehead atoms. The van der Waals surface area contributed by atoms with Crippen molar-refractivity contribution in [3.05, 3.63) is 5.82 Å². The number of hydrogen-bond acceptors (Lipinski definition) is 6. The molecule has 4 rings (SSSR count). The molecule has 0 aromatic carbocycles. The molecule has 8 heteroatoms. The Labute approximate surface area is 223 Å². The number of hydrogen-bond donors (Lipinski definition) is 0. The van der Waals surface area contributed by atoms with Crippen molar-refractivity contribution >= 4 is 39.2 Å². The third-order valence-corrected chi connectivity index (χ3v) is 23.0. The molecule has 7 nitrogen and oxygen atoms in total. The standard InChI is InChI=1S/C16H23N6O.3C4H9.Sn/c1-20-13(11-21-5-3-2-4-6-21)19-14-15(20)17-12-18-16(14)22-7-9-23-10-8-22;3*1-3-4-2;/h2-11H2,1H3;3*1,3-4H2,2H3;. The van der Waals surface area contributed by atoms with Gasteiger partial charge in [0, 0.05) is 0 Å². The molecular weight excluding hydrogens is 555 g/mol. The van der Waals surface area contributed by atoms with Crippen LogP contribution in [0.4, 0.5) is 5.82 Å². The molecule has 0 amide bonds. The van der Waals surface area contributed by atoms with E-state index in [0.29, 0.717) is 0 Å². The van der Waals surface area contributed by atoms with Crippen LogP contribution in [0.25, 0.3) is 11.2 Å². The van der Waals surface area contributed by atoms with Crippen LogP contribution in [0.2, 0.25) is 13.3 Å². The Bertz CT molecular complexity index is 929. The monoisotopic (exact) mass is 606 g/mol. The molecule has 36 heavy (non-hydrogen) atoms. The van der Waals surface area contributed by atoms with Gasteiger partial charge < -0.3 is 0 Å². The average molecular weight is 605 g/mol. The number of unbranched alkanes of at least 4 members (excludes halogenated alkanes) is 3. The molecule has 0 unspecified atom stereocenters. The van der Waals surface area contributed by atoms with Gasteiger partial charge in [-0.25, -0.2) is 0 Å². The van der Waals surface area contributed by atoms with Crippen LogP contribution in [0.15, 0.2) is 0 Å². The van der Waals surface area contributed by atoms with Crippen molar-refractivity contribution in [3.8, 4) is 0 Å². The first kappa shape index (κ1) is 28.1. The summed E-state index contributed by atoms with van der Waals surface area (Å²) < 4.78 is 13.5. The van der Waals surface area contributed by atoms with Crippen LogP contribution in [-0.2, 0) is 18.3 Å². The topological polar surface area (TPSA) is 59.3 Å². The van der Waals surface area contributed by atoms with Crippen molar-refractivity contribution in [1.29, 1.82) is 0 Å². The zero-order valence-corrected chi connectivity index (χ0v) is 26.4. The van der Waals surface area contributed by atoms with Gasteiger partial charge in [0.25, 0.3) is 0 Å². The molecular formula is C28H50N6OSn. The number of ether oxygens (including phenoxy) is 1. The molecule has 0 atom stereocenters. The first-order valence-electron chi connectivity index (χ1n) is 14.9. The van der Waals surface area contributed by atoms with Crippen molar-refractivity contribution in [3.63, 3.8) is 0 Å². The van der Waals surface area contributed by atoms with Crippen LogP contribution in [0.3, 0.4) is 0 Å². The normalized spacial score (nSPS) is 17.8. The molecule has 202 valence electrons. The summed E-state index contributed by atoms with van der Waals surface area (Å²) in [5.41, 5.74) is 2.08. The number of fused-ring (bicyclic) bond motifs is 1. The molecule has 0 aliphatic carbocycles. The van der Waals surface area contributed by atoms with Crippen molar-refractivity contribution in [2.75, 3.05) is 44.3 Å². The first-order valence-corrected chi connectivity index (χ1v) is 22.4. The third kappa shape index (κ3) is 6.55. The van der Waals surface area contributed by atoms with Crippen LogP contribution < -0.4 is 8.74 Å². The number of morpholine rings is 1. The number of aryl methyl sites for hydroxylation is 1. The summed E-state index contributed by atoms with van der Waals surface area (Å²) in [5.74, 6) is 2.23. The van der Waals surface area contributed by atoms with Gasteiger partial charge in [-0.1, -0.05) is 0 Å². The Morgan fingerprint density at radius 1 is 0.778 bits per heavy atom. The van der Waals surface area contributed by atoms with Crippen molar-refractivity contribution < 1.29 is 4.74 Å². The number of likely N-dealkylation sites (tertiary alicyclic amines) is 1. The van der Waals surface area contributed by atoms with Gasteiger partial charge >= 0.3 is 224 Å². The van der Waals surface area contributed by atoms with Crippen molar-refractivity contribution in [2.24, 2.45) is 7.05 Å². The van der Waals surface area contributed by atoms with Gasteiger partial charge in [0.15, 0.2) is 0 Å². The summed E-state index contributed by atoms with van der Waals surface area (Å²) in [6.07, 6.45) is 11.7. The molecule has 0 spiro atoms. The summed E-state index contributed by atoms with van der Waals surface area (Å²) in [7, 11) is 2.19. The second-order valence-electron chi connectivity index (χ2n) is 11.2. The van der Waals surface area contributed by atoms with E-state index in [9.17, 15) is 0 Å². The summed E-state index contributed by atoms with van der Waals surface area (Å²) in [6, 6.07) is 0. The maximum atomic E-state index is 5.72. The fourth-order valence-electron chi connectivity index (χ4n) is 6.04. The predicted octanol–water partition coefficient (Wildman–Crippen LogP) is 5.24. The number of aromatic nitrogens is 4. The minimum atomic E-state index is -2.80. The van der Waals surface area contributed by atoms with Crippen LogP contribution >= 0.6 is 0 Å². The number of piperidine rings is 1. The first-order chi connectivity index (χ1) is 17.6. The SMILES string of the molecule is CCC[CH2][Sn]([CH2]CCC)([CH2]CCC)[c]1nc(N2CCOCC2)c2nc(CN3CCCCC3)n(C)c2n1. The molecule has 0 N–H and O–H groups in total. The molecule has 0 radical (unpaired) electrons. The molecule has 2 fully saturated rings. The van der Waals surface area contributed by atoms with E-state index in [-0.39, 0.29) is 0 Å². The van der Waals surface area contributed by atoms with Gasteiger partial charge in [-0.3, -0.25) is 0 Å². The maximum absolute atomic E-state index is 5.72. The van der Waals surface area contributed by atoms with E-state index in [0.717, 1.165) is 55.7 Å². The van der Waals surface area contributed by atoms with Gasteiger partial charge in [0.2, 0.25) is 0 Å². The minimum absolute atomic E-state index is 0.768. The van der Waals surface area contributed by atoms with Crippen LogP contribution in [-0.4, -0.2) is 82.2 Å². The van der Waals surface area contributed by atoms with E-state index in [4.69, 9.17) is 19.7 Å². The summed E-state index contributed by atoms with van der Waals surface area (Å²) in [4.78, 5) is 21.2. The zero-order valence-electron chi connectivity index (χ0n) is 23.5. The summed E-state index contributed by atoms with van der Waals surface area (Å²) in [6.45, 7) is 13.6. The Morgan fingerprint density at radius 2 is 1.39 bits per heavy atom. The van der Waals surface area contributed by atoms with Gasteiger partial charge in [-0.15, -0.1) is 0 Å². The van der Waals surface area contributed by atoms with Crippen molar-refractivity contribution in [1.82, 2.24) is 24.4 Å². The molecule has 0 saturated carbocycles. The molecule has 4 heterocycles. The fraction of sp³-hybridized carbons (Fsp3) is 0.821. The van der Waals surface area contributed by atoms with E-state index >= 15 is 0 Å². The summed E-state index contributed by atoms with van der Waals surface area (Å²) in [5, 5.41) is 0. The third-order valence-electron chi connectivity index (χ3n) is 8.42. The number of anilines is 1. The van der Waals surface area contributed by atoms with Gasteiger partial charge in [-0.2, -0.15) is 0 Å². The van der Waals surface area contributed by atoms with Gasteiger partial charge in [0.05, 0.1) is 0 Å². The van der Waals surface area contributed by atoms with Crippen LogP contribution in [0, 0.1) is 0 Å². The van der Waals surface area contributed by atoms with Gasteiger partial charge in [0.1, 0.15) is 0 Å². The fourth-order valence-corrected chi connectivity index (χ4v) is 20.9. The van der Waals surface area contributed by atoms with E-state index < -0.39 is 18.4 Å². The zero-order chi connectivity index (χ0) is 25.4. The van der Waals surface area contributed by atoms with E-state index in [1.807, 2.05) is 0 Å². The Hall–Kier alpha value is -0.931. The molecule has 2 aliphatic rings. The number of nitrogens with zero attached hydrogens (tertiary/aromatic N) is 6. The number of imidazole rings is 1. The summed E-state index contributed by atoms with van der Waals surface area (Å²) >= 11 is -2.80. The average Bonchev–Trinajstić information content (AvgIpc) is 3.24. The molecule has 2 aromatic heterocycles. The van der Waals surface area contributed by atoms with Crippen LogP contribution in [0.1, 0.15) is 84.4 Å². The van der Waals surface area contributed by atoms with Crippen LogP contribution in [0.5, 0.6) is 0 Å². The van der Waals surface area contributed by atoms with E-state index in [1.165, 1.54) is 88.0 Å². The Kier molecular flexibility index (Phi) is 10.7. The molecule has 2 aliphatic heterocycles. The Morgan fingerprint density at radius 3 is 1.97 bits per heavy atom. The Balaban J connectivity index is 1.82. The number of rotatable bonds is 13. The molecule has 2 saturated heterocycles. The second-order valence-corrected chi connectivity index (χ2v) is 24.0. The van der Waals surface area contributed by atoms with E-state index in [1.54, 1.807) is 0 Å². The quantitative estimate of drug-likeness (QED) is 0.291.